The summed E-state index contributed by atoms with van der Waals surface area (Å²) < 4.78 is 5.44. The van der Waals surface area contributed by atoms with Gasteiger partial charge in [-0.1, -0.05) is 41.0 Å². The van der Waals surface area contributed by atoms with E-state index in [2.05, 4.69) is 15.8 Å². The van der Waals surface area contributed by atoms with E-state index in [1.165, 1.54) is 6.07 Å². The van der Waals surface area contributed by atoms with Gasteiger partial charge in [-0.05, 0) is 24.1 Å². The Hall–Kier alpha value is -3.07. The molecule has 158 valence electrons. The molecule has 8 nitrogen and oxygen atoms in total. The highest BCUT2D eigenvalue weighted by atomic mass is 35.5. The zero-order valence-corrected chi connectivity index (χ0v) is 17.0. The molecule has 5 N–H and O–H groups in total. The van der Waals surface area contributed by atoms with E-state index in [1.807, 2.05) is 24.3 Å². The Morgan fingerprint density at radius 2 is 1.90 bits per heavy atom. The Morgan fingerprint density at radius 3 is 2.57 bits per heavy atom. The van der Waals surface area contributed by atoms with Crippen LogP contribution in [-0.4, -0.2) is 46.1 Å². The van der Waals surface area contributed by atoms with Gasteiger partial charge in [0.1, 0.15) is 11.5 Å². The van der Waals surface area contributed by atoms with Crippen LogP contribution in [0.2, 0.25) is 5.02 Å². The Bertz CT molecular complexity index is 1030. The first-order chi connectivity index (χ1) is 14.5. The van der Waals surface area contributed by atoms with Crippen molar-refractivity contribution in [1.29, 1.82) is 0 Å². The van der Waals surface area contributed by atoms with Crippen LogP contribution in [0.5, 0.6) is 11.5 Å². The van der Waals surface area contributed by atoms with Gasteiger partial charge in [-0.2, -0.15) is 0 Å². The van der Waals surface area contributed by atoms with Gasteiger partial charge in [0.2, 0.25) is 0 Å². The van der Waals surface area contributed by atoms with E-state index < -0.39 is 5.91 Å². The SMILES string of the molecule is CCNC(=O)c1noc(-c2cc(Cl)c(O)cc2O)c1-c1ccc(CNCCO)cc1. The molecule has 1 heterocycles. The number of aliphatic hydroxyl groups excluding tert-OH is 1. The second kappa shape index (κ2) is 9.62. The molecule has 30 heavy (non-hydrogen) atoms. The van der Waals surface area contributed by atoms with Crippen LogP contribution in [-0.2, 0) is 6.54 Å². The van der Waals surface area contributed by atoms with Gasteiger partial charge in [0, 0.05) is 25.7 Å². The summed E-state index contributed by atoms with van der Waals surface area (Å²) in [5, 5.41) is 38.6. The van der Waals surface area contributed by atoms with Crippen LogP contribution in [0.1, 0.15) is 23.0 Å². The van der Waals surface area contributed by atoms with Crippen LogP contribution >= 0.6 is 11.6 Å². The van der Waals surface area contributed by atoms with E-state index in [4.69, 9.17) is 21.2 Å². The zero-order valence-electron chi connectivity index (χ0n) is 16.3. The molecule has 0 radical (unpaired) electrons. The molecule has 1 aromatic heterocycles. The Labute approximate surface area is 178 Å². The van der Waals surface area contributed by atoms with Gasteiger partial charge >= 0.3 is 0 Å². The van der Waals surface area contributed by atoms with E-state index in [0.29, 0.717) is 30.8 Å². The van der Waals surface area contributed by atoms with Gasteiger partial charge in [0.25, 0.3) is 5.91 Å². The quantitative estimate of drug-likeness (QED) is 0.347. The molecule has 0 unspecified atom stereocenters. The van der Waals surface area contributed by atoms with Crippen molar-refractivity contribution in [2.45, 2.75) is 13.5 Å². The van der Waals surface area contributed by atoms with Crippen LogP contribution in [0.15, 0.2) is 40.9 Å². The van der Waals surface area contributed by atoms with Crippen LogP contribution in [0.3, 0.4) is 0 Å². The number of hydrogen-bond donors (Lipinski definition) is 5. The van der Waals surface area contributed by atoms with Gasteiger partial charge in [-0.25, -0.2) is 0 Å². The Kier molecular flexibility index (Phi) is 6.94. The minimum atomic E-state index is -0.416. The number of phenols is 2. The fourth-order valence-corrected chi connectivity index (χ4v) is 3.14. The van der Waals surface area contributed by atoms with Crippen LogP contribution < -0.4 is 10.6 Å². The van der Waals surface area contributed by atoms with Crippen molar-refractivity contribution in [3.63, 3.8) is 0 Å². The Balaban J connectivity index is 2.08. The summed E-state index contributed by atoms with van der Waals surface area (Å²) in [7, 11) is 0. The molecular weight excluding hydrogens is 410 g/mol. The number of nitrogens with one attached hydrogen (secondary N) is 2. The summed E-state index contributed by atoms with van der Waals surface area (Å²) in [6, 6.07) is 9.83. The molecule has 3 aromatic rings. The highest BCUT2D eigenvalue weighted by molar-refractivity contribution is 6.32. The molecule has 3 rings (SSSR count). The number of carbonyl (C=O) groups excluding carboxylic acids is 1. The predicted molar refractivity (Wildman–Crippen MR) is 113 cm³/mol. The number of amides is 1. The normalized spacial score (nSPS) is 10.9. The molecule has 0 fully saturated rings. The monoisotopic (exact) mass is 431 g/mol. The maximum absolute atomic E-state index is 12.5. The summed E-state index contributed by atoms with van der Waals surface area (Å²) in [6.45, 7) is 3.32. The van der Waals surface area contributed by atoms with Gasteiger partial charge in [-0.15, -0.1) is 0 Å². The van der Waals surface area contributed by atoms with Gasteiger partial charge in [0.15, 0.2) is 11.5 Å². The van der Waals surface area contributed by atoms with E-state index in [0.717, 1.165) is 11.6 Å². The smallest absolute Gasteiger partial charge is 0.274 e. The second-order valence-corrected chi connectivity index (χ2v) is 6.92. The first-order valence-electron chi connectivity index (χ1n) is 9.36. The maximum Gasteiger partial charge on any atom is 0.274 e. The lowest BCUT2D eigenvalue weighted by molar-refractivity contribution is 0.0947. The summed E-state index contributed by atoms with van der Waals surface area (Å²) in [4.78, 5) is 12.5. The number of carbonyl (C=O) groups is 1. The van der Waals surface area contributed by atoms with Crippen molar-refractivity contribution in [2.75, 3.05) is 19.7 Å². The number of aromatic hydroxyl groups is 2. The molecular formula is C21H22ClN3O5. The molecule has 0 bridgehead atoms. The molecule has 0 spiro atoms. The third-order valence-corrected chi connectivity index (χ3v) is 4.72. The fourth-order valence-electron chi connectivity index (χ4n) is 2.97. The van der Waals surface area contributed by atoms with Crippen molar-refractivity contribution in [2.24, 2.45) is 0 Å². The fraction of sp³-hybridized carbons (Fsp3) is 0.238. The summed E-state index contributed by atoms with van der Waals surface area (Å²) >= 11 is 6.01. The van der Waals surface area contributed by atoms with Gasteiger partial charge < -0.3 is 30.5 Å². The summed E-state index contributed by atoms with van der Waals surface area (Å²) in [5.74, 6) is -0.799. The summed E-state index contributed by atoms with van der Waals surface area (Å²) in [6.07, 6.45) is 0. The molecule has 9 heteroatoms. The average molecular weight is 432 g/mol. The molecule has 2 aromatic carbocycles. The standard InChI is InChI=1S/C21H22ClN3O5/c1-2-24-21(29)19-18(13-5-3-12(4-6-13)11-23-7-8-26)20(30-25-19)14-9-15(22)17(28)10-16(14)27/h3-6,9-10,23,26-28H,2,7-8,11H2,1H3,(H,24,29). The second-order valence-electron chi connectivity index (χ2n) is 6.51. The number of aliphatic hydroxyl groups is 1. The largest absolute Gasteiger partial charge is 0.507 e. The molecule has 0 saturated carbocycles. The topological polar surface area (TPSA) is 128 Å². The third kappa shape index (κ3) is 4.56. The molecule has 1 amide bonds. The number of phenolic OH excluding ortho intramolecular Hbond substituents is 2. The number of rotatable bonds is 8. The van der Waals surface area contributed by atoms with Crippen molar-refractivity contribution < 1.29 is 24.6 Å². The summed E-state index contributed by atoms with van der Waals surface area (Å²) in [5.41, 5.74) is 2.31. The van der Waals surface area contributed by atoms with Crippen molar-refractivity contribution >= 4 is 17.5 Å². The van der Waals surface area contributed by atoms with Crippen molar-refractivity contribution in [3.05, 3.63) is 52.7 Å². The molecule has 0 atom stereocenters. The first kappa shape index (κ1) is 21.6. The van der Waals surface area contributed by atoms with E-state index in [-0.39, 0.29) is 40.1 Å². The first-order valence-corrected chi connectivity index (χ1v) is 9.74. The molecule has 0 aliphatic carbocycles. The Morgan fingerprint density at radius 1 is 1.17 bits per heavy atom. The van der Waals surface area contributed by atoms with E-state index in [1.54, 1.807) is 6.92 Å². The third-order valence-electron chi connectivity index (χ3n) is 4.41. The van der Waals surface area contributed by atoms with Crippen LogP contribution in [0.4, 0.5) is 0 Å². The molecule has 0 aliphatic rings. The van der Waals surface area contributed by atoms with Crippen molar-refractivity contribution in [3.8, 4) is 33.9 Å². The molecule has 0 aliphatic heterocycles. The highest BCUT2D eigenvalue weighted by Gasteiger charge is 2.26. The number of aromatic nitrogens is 1. The van der Waals surface area contributed by atoms with Gasteiger partial charge in [0.05, 0.1) is 22.8 Å². The lowest BCUT2D eigenvalue weighted by atomic mass is 9.97. The lowest BCUT2D eigenvalue weighted by Crippen LogP contribution is -2.23. The minimum Gasteiger partial charge on any atom is -0.507 e. The number of hydrogen-bond acceptors (Lipinski definition) is 7. The maximum atomic E-state index is 12.5. The van der Waals surface area contributed by atoms with E-state index >= 15 is 0 Å². The molecule has 0 saturated heterocycles. The van der Waals surface area contributed by atoms with Crippen LogP contribution in [0, 0.1) is 0 Å². The zero-order chi connectivity index (χ0) is 21.7. The van der Waals surface area contributed by atoms with Gasteiger partial charge in [-0.3, -0.25) is 4.79 Å². The van der Waals surface area contributed by atoms with Crippen LogP contribution in [0.25, 0.3) is 22.5 Å². The average Bonchev–Trinajstić information content (AvgIpc) is 3.16. The number of benzene rings is 2. The predicted octanol–water partition coefficient (Wildman–Crippen LogP) is 2.90. The number of nitrogens with zero attached hydrogens (tertiary/aromatic N) is 1. The van der Waals surface area contributed by atoms with E-state index in [9.17, 15) is 15.0 Å². The minimum absolute atomic E-state index is 0.0232. The number of halogens is 1. The highest BCUT2D eigenvalue weighted by Crippen LogP contribution is 2.42. The lowest BCUT2D eigenvalue weighted by Gasteiger charge is -2.09. The van der Waals surface area contributed by atoms with Crippen molar-refractivity contribution in [1.82, 2.24) is 15.8 Å².